The van der Waals surface area contributed by atoms with Crippen molar-refractivity contribution in [3.8, 4) is 0 Å². The monoisotopic (exact) mass is 1180 g/mol. The summed E-state index contributed by atoms with van der Waals surface area (Å²) in [5.74, 6) is -0.0247. The summed E-state index contributed by atoms with van der Waals surface area (Å²) in [6.07, 6.45) is 95.0. The zero-order chi connectivity index (χ0) is 60.6. The molecule has 0 spiro atoms. The molecule has 1 amide bonds. The van der Waals surface area contributed by atoms with Crippen molar-refractivity contribution in [3.05, 3.63) is 36.5 Å². The first kappa shape index (κ1) is 82.1. The minimum Gasteiger partial charge on any atom is -0.466 e. The number of allylic oxidation sites excluding steroid dienone is 6. The van der Waals surface area contributed by atoms with Crippen LogP contribution in [0, 0.1) is 0 Å². The summed E-state index contributed by atoms with van der Waals surface area (Å²) in [5, 5.41) is 23.4. The predicted octanol–water partition coefficient (Wildman–Crippen LogP) is 25.0. The highest BCUT2D eigenvalue weighted by molar-refractivity contribution is 5.76. The number of esters is 1. The summed E-state index contributed by atoms with van der Waals surface area (Å²) >= 11 is 0. The lowest BCUT2D eigenvalue weighted by molar-refractivity contribution is -0.143. The van der Waals surface area contributed by atoms with Crippen LogP contribution in [0.2, 0.25) is 0 Å². The van der Waals surface area contributed by atoms with Gasteiger partial charge in [0.05, 0.1) is 25.4 Å². The molecule has 0 saturated heterocycles. The van der Waals surface area contributed by atoms with Gasteiger partial charge in [0.25, 0.3) is 0 Å². The molecular weight excluding hydrogens is 1030 g/mol. The molecule has 0 fully saturated rings. The second kappa shape index (κ2) is 73.5. The Bertz CT molecular complexity index is 1360. The molecule has 0 rings (SSSR count). The number of aliphatic hydroxyl groups is 2. The molecular formula is C78H149NO5. The minimum atomic E-state index is -0.665. The Hall–Kier alpha value is -1.92. The number of hydrogen-bond donors (Lipinski definition) is 3. The summed E-state index contributed by atoms with van der Waals surface area (Å²) < 4.78 is 5.49. The molecule has 0 aliphatic heterocycles. The second-order valence-corrected chi connectivity index (χ2v) is 26.3. The van der Waals surface area contributed by atoms with E-state index in [1.54, 1.807) is 0 Å². The largest absolute Gasteiger partial charge is 0.466 e. The van der Waals surface area contributed by atoms with E-state index in [-0.39, 0.29) is 18.5 Å². The molecule has 3 N–H and O–H groups in total. The van der Waals surface area contributed by atoms with Crippen molar-refractivity contribution in [1.29, 1.82) is 0 Å². The lowest BCUT2D eigenvalue weighted by atomic mass is 10.0. The molecule has 0 bridgehead atoms. The van der Waals surface area contributed by atoms with Gasteiger partial charge in [0.1, 0.15) is 0 Å². The van der Waals surface area contributed by atoms with Crippen LogP contribution < -0.4 is 5.32 Å². The van der Waals surface area contributed by atoms with E-state index in [0.717, 1.165) is 51.4 Å². The first-order chi connectivity index (χ1) is 41.5. The standard InChI is InChI=1S/C78H149NO5/c1-3-5-7-9-11-13-15-17-19-21-22-33-36-39-42-46-50-54-58-62-66-70-76(81)75(74-80)79-77(82)71-67-63-59-55-51-47-43-40-37-34-31-29-27-25-23-24-26-28-30-32-35-38-41-45-49-53-57-61-65-69-73-84-78(83)72-68-64-60-56-52-48-44-20-18-16-14-12-10-8-6-4-2/h14,16,20,24,26,44,75-76,80-81H,3-13,15,17-19,21-23,25,27-43,45-74H2,1-2H3,(H,79,82)/b16-14-,26-24-,44-20-. The second-order valence-electron chi connectivity index (χ2n) is 26.3. The summed E-state index contributed by atoms with van der Waals surface area (Å²) in [7, 11) is 0. The molecule has 496 valence electrons. The van der Waals surface area contributed by atoms with Gasteiger partial charge in [-0.3, -0.25) is 9.59 Å². The van der Waals surface area contributed by atoms with Crippen LogP contribution in [-0.2, 0) is 14.3 Å². The smallest absolute Gasteiger partial charge is 0.305 e. The summed E-state index contributed by atoms with van der Waals surface area (Å²) in [6.45, 7) is 4.97. The molecule has 0 heterocycles. The van der Waals surface area contributed by atoms with Crippen molar-refractivity contribution in [2.75, 3.05) is 13.2 Å². The maximum Gasteiger partial charge on any atom is 0.305 e. The maximum atomic E-state index is 12.6. The number of rotatable bonds is 72. The first-order valence-corrected chi connectivity index (χ1v) is 38.2. The van der Waals surface area contributed by atoms with Crippen LogP contribution in [0.1, 0.15) is 425 Å². The SMILES string of the molecule is CCCCCC/C=C\C/C=C\CCCCCCCC(=O)OCCCCCCCCCCCCCC/C=C\CCCCCCCCCCCCCCCCC(=O)NC(CO)C(O)CCCCCCCCCCCCCCCCCCCCCCC. The fourth-order valence-corrected chi connectivity index (χ4v) is 12.1. The van der Waals surface area contributed by atoms with E-state index in [4.69, 9.17) is 4.74 Å². The van der Waals surface area contributed by atoms with E-state index in [2.05, 4.69) is 55.6 Å². The Balaban J connectivity index is 3.37. The Morgan fingerprint density at radius 1 is 0.333 bits per heavy atom. The van der Waals surface area contributed by atoms with Crippen LogP contribution in [0.4, 0.5) is 0 Å². The Labute approximate surface area is 525 Å². The molecule has 0 aromatic carbocycles. The molecule has 2 unspecified atom stereocenters. The number of unbranched alkanes of at least 4 members (excludes halogenated alkanes) is 55. The van der Waals surface area contributed by atoms with E-state index in [9.17, 15) is 19.8 Å². The quantitative estimate of drug-likeness (QED) is 0.0320. The van der Waals surface area contributed by atoms with Crippen molar-refractivity contribution in [3.63, 3.8) is 0 Å². The van der Waals surface area contributed by atoms with Crippen molar-refractivity contribution < 1.29 is 24.5 Å². The third-order valence-electron chi connectivity index (χ3n) is 17.9. The third kappa shape index (κ3) is 69.2. The first-order valence-electron chi connectivity index (χ1n) is 38.2. The fraction of sp³-hybridized carbons (Fsp3) is 0.897. The van der Waals surface area contributed by atoms with Gasteiger partial charge in [0.2, 0.25) is 5.91 Å². The van der Waals surface area contributed by atoms with Crippen LogP contribution in [0.5, 0.6) is 0 Å². The van der Waals surface area contributed by atoms with Crippen LogP contribution in [0.3, 0.4) is 0 Å². The van der Waals surface area contributed by atoms with Gasteiger partial charge in [0, 0.05) is 12.8 Å². The van der Waals surface area contributed by atoms with Gasteiger partial charge in [-0.2, -0.15) is 0 Å². The minimum absolute atomic E-state index is 0.00429. The number of hydrogen-bond acceptors (Lipinski definition) is 5. The van der Waals surface area contributed by atoms with Gasteiger partial charge in [-0.25, -0.2) is 0 Å². The van der Waals surface area contributed by atoms with Gasteiger partial charge >= 0.3 is 5.97 Å². The molecule has 84 heavy (non-hydrogen) atoms. The van der Waals surface area contributed by atoms with Crippen molar-refractivity contribution in [2.24, 2.45) is 0 Å². The van der Waals surface area contributed by atoms with Gasteiger partial charge in [0.15, 0.2) is 0 Å². The van der Waals surface area contributed by atoms with Crippen LogP contribution in [-0.4, -0.2) is 47.4 Å². The lowest BCUT2D eigenvalue weighted by Gasteiger charge is -2.22. The lowest BCUT2D eigenvalue weighted by Crippen LogP contribution is -2.45. The molecule has 0 saturated carbocycles. The molecule has 6 nitrogen and oxygen atoms in total. The molecule has 0 radical (unpaired) electrons. The number of ether oxygens (including phenoxy) is 1. The highest BCUT2D eigenvalue weighted by atomic mass is 16.5. The van der Waals surface area contributed by atoms with Crippen molar-refractivity contribution in [2.45, 2.75) is 437 Å². The predicted molar refractivity (Wildman–Crippen MR) is 370 cm³/mol. The van der Waals surface area contributed by atoms with Crippen LogP contribution in [0.25, 0.3) is 0 Å². The van der Waals surface area contributed by atoms with Gasteiger partial charge < -0.3 is 20.3 Å². The number of carbonyl (C=O) groups excluding carboxylic acids is 2. The van der Waals surface area contributed by atoms with Crippen LogP contribution in [0.15, 0.2) is 36.5 Å². The Morgan fingerprint density at radius 3 is 0.929 bits per heavy atom. The fourth-order valence-electron chi connectivity index (χ4n) is 12.1. The van der Waals surface area contributed by atoms with Crippen LogP contribution >= 0.6 is 0 Å². The zero-order valence-electron chi connectivity index (χ0n) is 56.9. The van der Waals surface area contributed by atoms with Crippen molar-refractivity contribution in [1.82, 2.24) is 5.32 Å². The number of aliphatic hydroxyl groups excluding tert-OH is 2. The van der Waals surface area contributed by atoms with Gasteiger partial charge in [-0.1, -0.05) is 365 Å². The topological polar surface area (TPSA) is 95.9 Å². The normalized spacial score (nSPS) is 12.7. The van der Waals surface area contributed by atoms with E-state index in [1.165, 1.54) is 340 Å². The maximum absolute atomic E-state index is 12.6. The number of nitrogens with one attached hydrogen (secondary N) is 1. The Kier molecular flexibility index (Phi) is 71.9. The van der Waals surface area contributed by atoms with Gasteiger partial charge in [-0.15, -0.1) is 0 Å². The number of amides is 1. The molecule has 2 atom stereocenters. The summed E-state index contributed by atoms with van der Waals surface area (Å²) in [6, 6.07) is -0.542. The average molecular weight is 1180 g/mol. The van der Waals surface area contributed by atoms with E-state index < -0.39 is 12.1 Å². The molecule has 0 aliphatic carbocycles. The van der Waals surface area contributed by atoms with Gasteiger partial charge in [-0.05, 0) is 83.5 Å². The number of carbonyl (C=O) groups is 2. The molecule has 0 aromatic heterocycles. The summed E-state index contributed by atoms with van der Waals surface area (Å²) in [4.78, 5) is 24.6. The average Bonchev–Trinajstić information content (AvgIpc) is 3.51. The Morgan fingerprint density at radius 2 is 0.595 bits per heavy atom. The van der Waals surface area contributed by atoms with Crippen molar-refractivity contribution >= 4 is 11.9 Å². The highest BCUT2D eigenvalue weighted by Crippen LogP contribution is 2.19. The molecule has 0 aromatic rings. The van der Waals surface area contributed by atoms with E-state index in [0.29, 0.717) is 25.9 Å². The zero-order valence-corrected chi connectivity index (χ0v) is 56.9. The molecule has 6 heteroatoms. The third-order valence-corrected chi connectivity index (χ3v) is 17.9. The summed E-state index contributed by atoms with van der Waals surface area (Å²) in [5.41, 5.74) is 0. The van der Waals surface area contributed by atoms with E-state index in [1.807, 2.05) is 0 Å². The molecule has 0 aliphatic rings. The highest BCUT2D eigenvalue weighted by Gasteiger charge is 2.20. The van der Waals surface area contributed by atoms with E-state index >= 15 is 0 Å².